The van der Waals surface area contributed by atoms with Gasteiger partial charge in [-0.05, 0) is 61.7 Å². The number of likely N-dealkylation sites (N-methyl/N-ethyl adjacent to an activating group) is 1. The fraction of sp³-hybridized carbons (Fsp3) is 0.536. The van der Waals surface area contributed by atoms with E-state index in [1.807, 2.05) is 18.3 Å². The van der Waals surface area contributed by atoms with Gasteiger partial charge in [-0.1, -0.05) is 33.3 Å². The first kappa shape index (κ1) is 24.2. The number of aromatic amines is 1. The van der Waals surface area contributed by atoms with E-state index in [-0.39, 0.29) is 23.6 Å². The number of anilines is 1. The molecule has 2 aliphatic heterocycles. The Bertz CT molecular complexity index is 1160. The van der Waals surface area contributed by atoms with E-state index in [9.17, 15) is 0 Å². The minimum atomic E-state index is -0.470. The zero-order chi connectivity index (χ0) is 24.7. The van der Waals surface area contributed by atoms with E-state index in [2.05, 4.69) is 53.1 Å². The number of fused-ring (bicyclic) bond motifs is 3. The number of benzene rings is 2. The first-order chi connectivity index (χ1) is 16.9. The Morgan fingerprint density at radius 3 is 2.60 bits per heavy atom. The smallest absolute Gasteiger partial charge is 0.132 e. The van der Waals surface area contributed by atoms with Crippen molar-refractivity contribution in [3.05, 3.63) is 58.8 Å². The van der Waals surface area contributed by atoms with Crippen LogP contribution in [0.25, 0.3) is 10.9 Å². The van der Waals surface area contributed by atoms with Crippen LogP contribution >= 0.6 is 0 Å². The molecule has 0 aliphatic carbocycles. The molecule has 2 N–H and O–H groups in total. The highest BCUT2D eigenvalue weighted by atomic mass is 19.1. The summed E-state index contributed by atoms with van der Waals surface area (Å²) in [5, 5.41) is 11.6. The number of rotatable bonds is 8. The summed E-state index contributed by atoms with van der Waals surface area (Å²) in [4.78, 5) is 4.63. The number of unbranched alkanes of at least 4 members (excludes halogenated alkanes) is 1. The molecule has 1 saturated heterocycles. The lowest BCUT2D eigenvalue weighted by Gasteiger charge is -2.42. The van der Waals surface area contributed by atoms with Crippen LogP contribution in [0.4, 0.5) is 14.5 Å². The topological polar surface area (TPSA) is 47.2 Å². The largest absolute Gasteiger partial charge is 0.380 e. The summed E-state index contributed by atoms with van der Waals surface area (Å²) >= 11 is 0. The third-order valence-electron chi connectivity index (χ3n) is 7.72. The van der Waals surface area contributed by atoms with Gasteiger partial charge in [0.05, 0.1) is 17.8 Å². The molecule has 0 saturated carbocycles. The van der Waals surface area contributed by atoms with E-state index in [1.165, 1.54) is 25.0 Å². The lowest BCUT2D eigenvalue weighted by molar-refractivity contribution is 0.159. The molecule has 35 heavy (non-hydrogen) atoms. The molecule has 0 radical (unpaired) electrons. The number of H-pyrrole nitrogens is 1. The number of hydrogen-bond donors (Lipinski definition) is 2. The summed E-state index contributed by atoms with van der Waals surface area (Å²) in [6, 6.07) is 7.24. The Morgan fingerprint density at radius 2 is 1.91 bits per heavy atom. The van der Waals surface area contributed by atoms with Crippen LogP contribution in [0.15, 0.2) is 30.5 Å². The first-order valence-corrected chi connectivity index (χ1v) is 13.0. The maximum Gasteiger partial charge on any atom is 0.132 e. The molecule has 2 aromatic carbocycles. The molecule has 5 rings (SSSR count). The van der Waals surface area contributed by atoms with E-state index in [1.54, 1.807) is 0 Å². The zero-order valence-electron chi connectivity index (χ0n) is 21.2. The summed E-state index contributed by atoms with van der Waals surface area (Å²) in [6.07, 6.45) is 5.04. The lowest BCUT2D eigenvalue weighted by Crippen LogP contribution is -2.54. The maximum atomic E-state index is 15.8. The van der Waals surface area contributed by atoms with E-state index in [4.69, 9.17) is 0 Å². The van der Waals surface area contributed by atoms with Gasteiger partial charge in [-0.2, -0.15) is 5.10 Å². The Balaban J connectivity index is 1.48. The summed E-state index contributed by atoms with van der Waals surface area (Å²) < 4.78 is 31.5. The zero-order valence-corrected chi connectivity index (χ0v) is 21.2. The number of halogens is 2. The Kier molecular flexibility index (Phi) is 6.82. The van der Waals surface area contributed by atoms with E-state index in [0.29, 0.717) is 11.6 Å². The van der Waals surface area contributed by atoms with Gasteiger partial charge in [0.1, 0.15) is 11.6 Å². The van der Waals surface area contributed by atoms with E-state index in [0.717, 1.165) is 54.6 Å². The van der Waals surface area contributed by atoms with Gasteiger partial charge in [-0.15, -0.1) is 0 Å². The van der Waals surface area contributed by atoms with Gasteiger partial charge in [0.2, 0.25) is 0 Å². The van der Waals surface area contributed by atoms with Crippen molar-refractivity contribution in [1.29, 1.82) is 0 Å². The molecule has 0 spiro atoms. The van der Waals surface area contributed by atoms with Crippen molar-refractivity contribution < 1.29 is 8.78 Å². The third kappa shape index (κ3) is 4.68. The summed E-state index contributed by atoms with van der Waals surface area (Å²) in [7, 11) is 2.06. The van der Waals surface area contributed by atoms with Gasteiger partial charge in [-0.3, -0.25) is 14.9 Å². The second-order valence-electron chi connectivity index (χ2n) is 10.9. The van der Waals surface area contributed by atoms with Crippen LogP contribution in [0, 0.1) is 17.6 Å². The predicted molar refractivity (Wildman–Crippen MR) is 138 cm³/mol. The van der Waals surface area contributed by atoms with Gasteiger partial charge in [0.15, 0.2) is 0 Å². The fourth-order valence-electron chi connectivity index (χ4n) is 5.96. The molecule has 5 nitrogen and oxygen atoms in total. The quantitative estimate of drug-likeness (QED) is 0.431. The third-order valence-corrected chi connectivity index (χ3v) is 7.72. The molecule has 0 bridgehead atoms. The standard InChI is InChI=1S/C28H37F2N5/c1-5-6-9-35-14-19(15-35)32-18-11-23(29)28(24(30)12-18)27-20-7-8-25-21(13-31-33-25)22(20)16-34(4)26(27)10-17(2)3/h7-8,11-13,17,19,26-27,32H,5-6,9-10,14-16H2,1-4H3,(H,31,33)/t26-,27+/m0/s1. The van der Waals surface area contributed by atoms with Gasteiger partial charge in [-0.25, -0.2) is 8.78 Å². The molecule has 7 heteroatoms. The molecule has 3 heterocycles. The highest BCUT2D eigenvalue weighted by molar-refractivity contribution is 5.83. The van der Waals surface area contributed by atoms with Crippen LogP contribution in [0.2, 0.25) is 0 Å². The summed E-state index contributed by atoms with van der Waals surface area (Å²) in [6.45, 7) is 10.2. The highest BCUT2D eigenvalue weighted by Crippen LogP contribution is 2.44. The average molecular weight is 482 g/mol. The molecule has 1 aromatic heterocycles. The monoisotopic (exact) mass is 481 g/mol. The normalized spacial score (nSPS) is 21.5. The van der Waals surface area contributed by atoms with Crippen LogP contribution < -0.4 is 5.32 Å². The maximum absolute atomic E-state index is 15.8. The second-order valence-corrected chi connectivity index (χ2v) is 10.9. The number of nitrogens with one attached hydrogen (secondary N) is 2. The summed E-state index contributed by atoms with van der Waals surface area (Å²) in [5.74, 6) is -0.915. The van der Waals surface area contributed by atoms with Crippen molar-refractivity contribution in [2.45, 2.75) is 64.6 Å². The van der Waals surface area contributed by atoms with E-state index < -0.39 is 11.6 Å². The minimum Gasteiger partial charge on any atom is -0.380 e. The number of aromatic nitrogens is 2. The molecule has 3 aromatic rings. The van der Waals surface area contributed by atoms with Crippen molar-refractivity contribution in [2.24, 2.45) is 5.92 Å². The van der Waals surface area contributed by atoms with Gasteiger partial charge in [0.25, 0.3) is 0 Å². The molecule has 188 valence electrons. The highest BCUT2D eigenvalue weighted by Gasteiger charge is 2.39. The van der Waals surface area contributed by atoms with Crippen molar-refractivity contribution in [3.8, 4) is 0 Å². The fourth-order valence-corrected chi connectivity index (χ4v) is 5.96. The Labute approximate surface area is 206 Å². The molecular formula is C28H37F2N5. The molecule has 2 aliphatic rings. The lowest BCUT2D eigenvalue weighted by atomic mass is 9.75. The van der Waals surface area contributed by atoms with Crippen LogP contribution in [-0.2, 0) is 6.54 Å². The van der Waals surface area contributed by atoms with Crippen LogP contribution in [0.3, 0.4) is 0 Å². The van der Waals surface area contributed by atoms with Crippen LogP contribution in [0.5, 0.6) is 0 Å². The van der Waals surface area contributed by atoms with Crippen molar-refractivity contribution in [3.63, 3.8) is 0 Å². The van der Waals surface area contributed by atoms with Gasteiger partial charge < -0.3 is 5.32 Å². The predicted octanol–water partition coefficient (Wildman–Crippen LogP) is 5.73. The summed E-state index contributed by atoms with van der Waals surface area (Å²) in [5.41, 5.74) is 3.76. The average Bonchev–Trinajstić information content (AvgIpc) is 3.26. The van der Waals surface area contributed by atoms with Crippen molar-refractivity contribution in [2.75, 3.05) is 32.0 Å². The molecule has 2 atom stereocenters. The SMILES string of the molecule is CCCCN1CC(Nc2cc(F)c([C@@H]3c4ccc5[nH]ncc5c4CN(C)[C@H]3CC(C)C)c(F)c2)C1. The van der Waals surface area contributed by atoms with Gasteiger partial charge >= 0.3 is 0 Å². The first-order valence-electron chi connectivity index (χ1n) is 13.0. The molecule has 0 amide bonds. The Morgan fingerprint density at radius 1 is 1.17 bits per heavy atom. The second kappa shape index (κ2) is 9.86. The van der Waals surface area contributed by atoms with Crippen LogP contribution in [0.1, 0.15) is 62.6 Å². The number of likely N-dealkylation sites (tertiary alicyclic amines) is 1. The van der Waals surface area contributed by atoms with Crippen molar-refractivity contribution >= 4 is 16.6 Å². The molecular weight excluding hydrogens is 444 g/mol. The van der Waals surface area contributed by atoms with Crippen LogP contribution in [-0.4, -0.2) is 58.8 Å². The van der Waals surface area contributed by atoms with Crippen molar-refractivity contribution in [1.82, 2.24) is 20.0 Å². The minimum absolute atomic E-state index is 0.00779. The Hall–Kier alpha value is -2.51. The van der Waals surface area contributed by atoms with Gasteiger partial charge in [0, 0.05) is 48.2 Å². The van der Waals surface area contributed by atoms with E-state index >= 15 is 8.78 Å². The number of hydrogen-bond acceptors (Lipinski definition) is 4. The molecule has 0 unspecified atom stereocenters. The molecule has 1 fully saturated rings. The number of nitrogens with zero attached hydrogens (tertiary/aromatic N) is 3.